The zero-order chi connectivity index (χ0) is 27.3. The highest BCUT2D eigenvalue weighted by Crippen LogP contribution is 2.35. The van der Waals surface area contributed by atoms with Crippen LogP contribution in [0.3, 0.4) is 0 Å². The van der Waals surface area contributed by atoms with Crippen molar-refractivity contribution in [1.82, 2.24) is 0 Å². The maximum atomic E-state index is 12.6. The van der Waals surface area contributed by atoms with Crippen molar-refractivity contribution in [3.8, 4) is 0 Å². The van der Waals surface area contributed by atoms with Crippen molar-refractivity contribution in [2.75, 3.05) is 11.9 Å². The number of thioether (sulfide) groups is 1. The Labute approximate surface area is 215 Å². The van der Waals surface area contributed by atoms with Gasteiger partial charge in [-0.2, -0.15) is 8.42 Å². The average Bonchev–Trinajstić information content (AvgIpc) is 3.16. The van der Waals surface area contributed by atoms with Crippen LogP contribution in [0.4, 0.5) is 5.69 Å². The lowest BCUT2D eigenvalue weighted by molar-refractivity contribution is -0.205. The summed E-state index contributed by atoms with van der Waals surface area (Å²) >= 11 is 0.526. The molecule has 0 spiro atoms. The van der Waals surface area contributed by atoms with Crippen molar-refractivity contribution >= 4 is 44.8 Å². The molecule has 204 valence electrons. The topological polar surface area (TPSA) is 222 Å². The van der Waals surface area contributed by atoms with Gasteiger partial charge in [0.2, 0.25) is 5.91 Å². The number of ether oxygens (including phenoxy) is 2. The number of hydrogen-bond donors (Lipinski definition) is 6. The molecule has 0 aliphatic carbocycles. The molecule has 3 rings (SSSR count). The number of fused-ring (bicyclic) bond motifs is 1. The number of benzene rings is 1. The predicted octanol–water partition coefficient (Wildman–Crippen LogP) is -0.734. The van der Waals surface area contributed by atoms with Gasteiger partial charge in [0, 0.05) is 12.1 Å². The maximum absolute atomic E-state index is 12.6. The number of aliphatic hydroxyl groups is 4. The maximum Gasteiger partial charge on any atom is 0.466 e. The Balaban J connectivity index is 1.71. The SMILES string of the molecule is C=CC(C/C(=N\OS(=O)(=O)O)SC1OC(CO)C(O)C(O)C1O)OC(=O)CC1C(=O)Nc2ccccc21. The van der Waals surface area contributed by atoms with Crippen LogP contribution >= 0.6 is 11.8 Å². The molecule has 7 unspecified atom stereocenters. The first kappa shape index (κ1) is 29.0. The summed E-state index contributed by atoms with van der Waals surface area (Å²) < 4.78 is 45.7. The highest BCUT2D eigenvalue weighted by molar-refractivity contribution is 8.14. The third kappa shape index (κ3) is 7.48. The van der Waals surface area contributed by atoms with Gasteiger partial charge in [0.1, 0.15) is 41.0 Å². The van der Waals surface area contributed by atoms with Crippen molar-refractivity contribution in [2.24, 2.45) is 5.16 Å². The summed E-state index contributed by atoms with van der Waals surface area (Å²) in [5.74, 6) is -1.95. The molecular formula is C21H26N2O12S2. The minimum Gasteiger partial charge on any atom is -0.458 e. The van der Waals surface area contributed by atoms with E-state index in [1.54, 1.807) is 24.3 Å². The van der Waals surface area contributed by atoms with Crippen molar-refractivity contribution in [3.63, 3.8) is 0 Å². The van der Waals surface area contributed by atoms with Gasteiger partial charge in [0.25, 0.3) is 0 Å². The number of anilines is 1. The number of para-hydroxylation sites is 1. The summed E-state index contributed by atoms with van der Waals surface area (Å²) in [5.41, 5.74) is -0.168. The summed E-state index contributed by atoms with van der Waals surface area (Å²) in [6, 6.07) is 6.85. The van der Waals surface area contributed by atoms with Crippen LogP contribution < -0.4 is 5.32 Å². The van der Waals surface area contributed by atoms with Crippen LogP contribution in [0, 0.1) is 0 Å². The van der Waals surface area contributed by atoms with E-state index >= 15 is 0 Å². The molecule has 6 N–H and O–H groups in total. The highest BCUT2D eigenvalue weighted by Gasteiger charge is 2.44. The van der Waals surface area contributed by atoms with Gasteiger partial charge in [-0.1, -0.05) is 47.8 Å². The fourth-order valence-corrected chi connectivity index (χ4v) is 5.04. The van der Waals surface area contributed by atoms with Crippen LogP contribution in [-0.4, -0.2) is 92.9 Å². The minimum absolute atomic E-state index is 0.288. The number of amides is 1. The van der Waals surface area contributed by atoms with Gasteiger partial charge in [-0.15, -0.1) is 0 Å². The second-order valence-electron chi connectivity index (χ2n) is 8.10. The minimum atomic E-state index is -5.04. The number of rotatable bonds is 10. The summed E-state index contributed by atoms with van der Waals surface area (Å²) in [6.45, 7) is 2.84. The monoisotopic (exact) mass is 562 g/mol. The molecule has 0 saturated carbocycles. The van der Waals surface area contributed by atoms with Crippen LogP contribution in [0.5, 0.6) is 0 Å². The third-order valence-electron chi connectivity index (χ3n) is 5.54. The first-order valence-electron chi connectivity index (χ1n) is 10.9. The second-order valence-corrected chi connectivity index (χ2v) is 10.3. The van der Waals surface area contributed by atoms with Crippen molar-refractivity contribution in [2.45, 2.75) is 54.7 Å². The molecule has 7 atom stereocenters. The Morgan fingerprint density at radius 3 is 2.59 bits per heavy atom. The van der Waals surface area contributed by atoms with E-state index in [2.05, 4.69) is 21.3 Å². The van der Waals surface area contributed by atoms with Gasteiger partial charge in [-0.05, 0) is 11.6 Å². The Kier molecular flexibility index (Phi) is 9.65. The van der Waals surface area contributed by atoms with E-state index in [0.717, 1.165) is 0 Å². The standard InChI is InChI=1S/C21H26N2O12S2/c1-2-10(33-16(25)8-12-11-5-3-4-6-13(11)22-20(12)29)7-15(23-35-37(30,31)32)36-21-19(28)18(27)17(26)14(9-24)34-21/h2-6,10,12,14,17-19,21,24,26-28H,1,7-9H2,(H,22,29)(H,30,31,32)/b23-15+. The largest absolute Gasteiger partial charge is 0.466 e. The Bertz CT molecular complexity index is 1140. The molecule has 14 nitrogen and oxygen atoms in total. The first-order chi connectivity index (χ1) is 17.4. The summed E-state index contributed by atoms with van der Waals surface area (Å²) in [7, 11) is -5.04. The van der Waals surface area contributed by atoms with Gasteiger partial charge >= 0.3 is 16.4 Å². The molecule has 1 saturated heterocycles. The van der Waals surface area contributed by atoms with Crippen LogP contribution in [-0.2, 0) is 33.7 Å². The number of esters is 1. The fourth-order valence-electron chi connectivity index (χ4n) is 3.70. The lowest BCUT2D eigenvalue weighted by Gasteiger charge is -2.39. The molecule has 1 fully saturated rings. The van der Waals surface area contributed by atoms with Crippen LogP contribution in [0.1, 0.15) is 24.3 Å². The molecule has 16 heteroatoms. The molecule has 0 bridgehead atoms. The van der Waals surface area contributed by atoms with E-state index in [1.165, 1.54) is 6.08 Å². The lowest BCUT2D eigenvalue weighted by atomic mass is 9.97. The Morgan fingerprint density at radius 1 is 1.24 bits per heavy atom. The molecule has 2 aliphatic rings. The van der Waals surface area contributed by atoms with E-state index in [1.807, 2.05) is 0 Å². The number of nitrogens with zero attached hydrogens (tertiary/aromatic N) is 1. The van der Waals surface area contributed by atoms with Crippen molar-refractivity contribution < 1.29 is 56.7 Å². The number of oxime groups is 1. The lowest BCUT2D eigenvalue weighted by Crippen LogP contribution is -2.57. The van der Waals surface area contributed by atoms with E-state index in [9.17, 15) is 38.4 Å². The Morgan fingerprint density at radius 2 is 1.95 bits per heavy atom. The zero-order valence-electron chi connectivity index (χ0n) is 19.1. The first-order valence-corrected chi connectivity index (χ1v) is 13.1. The van der Waals surface area contributed by atoms with E-state index in [0.29, 0.717) is 23.0 Å². The van der Waals surface area contributed by atoms with Crippen LogP contribution in [0.2, 0.25) is 0 Å². The highest BCUT2D eigenvalue weighted by atomic mass is 32.3. The second kappa shape index (κ2) is 12.3. The molecule has 2 aliphatic heterocycles. The molecule has 1 aromatic carbocycles. The fraction of sp³-hybridized carbons (Fsp3) is 0.476. The van der Waals surface area contributed by atoms with E-state index in [-0.39, 0.29) is 23.8 Å². The van der Waals surface area contributed by atoms with Gasteiger partial charge < -0.3 is 35.2 Å². The zero-order valence-corrected chi connectivity index (χ0v) is 20.7. The summed E-state index contributed by atoms with van der Waals surface area (Å²) in [6.07, 6.45) is -6.94. The van der Waals surface area contributed by atoms with Gasteiger partial charge in [0.15, 0.2) is 0 Å². The van der Waals surface area contributed by atoms with Crippen LogP contribution in [0.25, 0.3) is 0 Å². The van der Waals surface area contributed by atoms with Gasteiger partial charge in [-0.25, -0.2) is 4.28 Å². The third-order valence-corrected chi connectivity index (χ3v) is 6.94. The van der Waals surface area contributed by atoms with Gasteiger partial charge in [-0.3, -0.25) is 14.1 Å². The summed E-state index contributed by atoms with van der Waals surface area (Å²) in [5, 5.41) is 45.2. The molecular weight excluding hydrogens is 536 g/mol. The molecule has 0 radical (unpaired) electrons. The van der Waals surface area contributed by atoms with E-state index in [4.69, 9.17) is 14.0 Å². The molecule has 0 aromatic heterocycles. The molecule has 1 aromatic rings. The predicted molar refractivity (Wildman–Crippen MR) is 129 cm³/mol. The molecule has 2 heterocycles. The quantitative estimate of drug-likeness (QED) is 0.0517. The van der Waals surface area contributed by atoms with Crippen molar-refractivity contribution in [3.05, 3.63) is 42.5 Å². The van der Waals surface area contributed by atoms with Crippen molar-refractivity contribution in [1.29, 1.82) is 0 Å². The smallest absolute Gasteiger partial charge is 0.458 e. The number of aliphatic hydroxyl groups excluding tert-OH is 4. The average molecular weight is 563 g/mol. The summed E-state index contributed by atoms with van der Waals surface area (Å²) in [4.78, 5) is 24.9. The molecule has 37 heavy (non-hydrogen) atoms. The van der Waals surface area contributed by atoms with Gasteiger partial charge in [0.05, 0.1) is 18.9 Å². The number of carbonyl (C=O) groups excluding carboxylic acids is 2. The normalized spacial score (nSPS) is 28.7. The Hall–Kier alpha value is -2.57. The van der Waals surface area contributed by atoms with Crippen LogP contribution in [0.15, 0.2) is 42.1 Å². The number of nitrogens with one attached hydrogen (secondary N) is 1. The number of carbonyl (C=O) groups is 2. The molecule has 1 amide bonds. The number of hydrogen-bond acceptors (Lipinski definition) is 13. The van der Waals surface area contributed by atoms with E-state index < -0.39 is 64.8 Å².